The van der Waals surface area contributed by atoms with E-state index in [-0.39, 0.29) is 0 Å². The third kappa shape index (κ3) is 4.55. The Morgan fingerprint density at radius 2 is 1.95 bits per heavy atom. The van der Waals surface area contributed by atoms with Gasteiger partial charge in [-0.1, -0.05) is 19.1 Å². The van der Waals surface area contributed by atoms with Gasteiger partial charge in [0.05, 0.1) is 17.8 Å². The fourth-order valence-corrected chi connectivity index (χ4v) is 2.97. The molecule has 0 bridgehead atoms. The zero-order valence-electron chi connectivity index (χ0n) is 13.2. The topological polar surface area (TPSA) is 34.1 Å². The molecule has 0 saturated heterocycles. The summed E-state index contributed by atoms with van der Waals surface area (Å²) in [5.74, 6) is 1.37. The van der Waals surface area contributed by atoms with Gasteiger partial charge < -0.3 is 10.1 Å². The number of hydrogen-bond acceptors (Lipinski definition) is 4. The number of hydrogen-bond donors (Lipinski definition) is 1. The van der Waals surface area contributed by atoms with Crippen molar-refractivity contribution in [3.8, 4) is 5.75 Å². The summed E-state index contributed by atoms with van der Waals surface area (Å²) in [7, 11) is 1.70. The van der Waals surface area contributed by atoms with Gasteiger partial charge in [-0.25, -0.2) is 4.98 Å². The Kier molecular flexibility index (Phi) is 5.76. The van der Waals surface area contributed by atoms with E-state index in [1.54, 1.807) is 18.4 Å². The van der Waals surface area contributed by atoms with Crippen molar-refractivity contribution in [2.45, 2.75) is 39.2 Å². The second-order valence-corrected chi connectivity index (χ2v) is 6.47. The molecule has 1 N–H and O–H groups in total. The van der Waals surface area contributed by atoms with Gasteiger partial charge in [-0.15, -0.1) is 11.3 Å². The molecule has 3 nitrogen and oxygen atoms in total. The zero-order chi connectivity index (χ0) is 15.2. The molecule has 2 rings (SSSR count). The second-order valence-electron chi connectivity index (χ2n) is 5.41. The third-order valence-corrected chi connectivity index (χ3v) is 4.73. The van der Waals surface area contributed by atoms with Gasteiger partial charge in [-0.3, -0.25) is 0 Å². The molecule has 114 valence electrons. The molecular weight excluding hydrogens is 280 g/mol. The van der Waals surface area contributed by atoms with Gasteiger partial charge in [-0.2, -0.15) is 0 Å². The Labute approximate surface area is 131 Å². The van der Waals surface area contributed by atoms with Crippen LogP contribution in [0, 0.1) is 6.92 Å². The predicted octanol–water partition coefficient (Wildman–Crippen LogP) is 3.78. The van der Waals surface area contributed by atoms with E-state index >= 15 is 0 Å². The average Bonchev–Trinajstić information content (AvgIpc) is 2.92. The molecule has 0 radical (unpaired) electrons. The van der Waals surface area contributed by atoms with Crippen molar-refractivity contribution in [2.75, 3.05) is 13.7 Å². The van der Waals surface area contributed by atoms with Crippen LogP contribution < -0.4 is 10.1 Å². The molecule has 1 aromatic carbocycles. The van der Waals surface area contributed by atoms with E-state index in [0.29, 0.717) is 12.0 Å². The lowest BCUT2D eigenvalue weighted by Gasteiger charge is -2.22. The van der Waals surface area contributed by atoms with Gasteiger partial charge in [0.25, 0.3) is 0 Å². The molecule has 1 heterocycles. The van der Waals surface area contributed by atoms with Crippen LogP contribution in [0.15, 0.2) is 29.6 Å². The minimum absolute atomic E-state index is 0.429. The molecule has 21 heavy (non-hydrogen) atoms. The second kappa shape index (κ2) is 7.57. The summed E-state index contributed by atoms with van der Waals surface area (Å²) in [6.07, 6.45) is 0.990. The summed E-state index contributed by atoms with van der Waals surface area (Å²) in [4.78, 5) is 4.49. The van der Waals surface area contributed by atoms with Crippen molar-refractivity contribution in [1.82, 2.24) is 10.3 Å². The maximum absolute atomic E-state index is 5.20. The van der Waals surface area contributed by atoms with E-state index in [2.05, 4.69) is 48.6 Å². The highest BCUT2D eigenvalue weighted by Gasteiger charge is 2.13. The Bertz CT molecular complexity index is 550. The highest BCUT2D eigenvalue weighted by molar-refractivity contribution is 7.09. The Morgan fingerprint density at radius 1 is 1.24 bits per heavy atom. The van der Waals surface area contributed by atoms with Crippen LogP contribution in [0.2, 0.25) is 0 Å². The highest BCUT2D eigenvalue weighted by Crippen LogP contribution is 2.22. The number of aromatic nitrogens is 1. The first-order chi connectivity index (χ1) is 10.1. The van der Waals surface area contributed by atoms with Crippen LogP contribution in [0.1, 0.15) is 36.0 Å². The first-order valence-electron chi connectivity index (χ1n) is 7.38. The van der Waals surface area contributed by atoms with Gasteiger partial charge in [0, 0.05) is 24.4 Å². The summed E-state index contributed by atoms with van der Waals surface area (Å²) >= 11 is 1.72. The largest absolute Gasteiger partial charge is 0.497 e. The molecule has 1 aromatic heterocycles. The lowest BCUT2D eigenvalue weighted by Crippen LogP contribution is -2.32. The van der Waals surface area contributed by atoms with Crippen molar-refractivity contribution < 1.29 is 4.74 Å². The summed E-state index contributed by atoms with van der Waals surface area (Å²) < 4.78 is 5.20. The van der Waals surface area contributed by atoms with Crippen LogP contribution in [0.4, 0.5) is 0 Å². The Hall–Kier alpha value is -1.39. The van der Waals surface area contributed by atoms with Gasteiger partial charge in [-0.05, 0) is 37.5 Å². The molecule has 0 aliphatic rings. The van der Waals surface area contributed by atoms with Crippen LogP contribution in [-0.2, 0) is 6.42 Å². The molecule has 2 aromatic rings. The molecule has 0 aliphatic heterocycles. The molecular formula is C17H24N2OS. The molecule has 2 atom stereocenters. The molecule has 0 saturated carbocycles. The number of methoxy groups -OCH3 is 1. The fraction of sp³-hybridized carbons (Fsp3) is 0.471. The first kappa shape index (κ1) is 16.0. The van der Waals surface area contributed by atoms with Gasteiger partial charge >= 0.3 is 0 Å². The number of rotatable bonds is 7. The number of aryl methyl sites for hydroxylation is 1. The standard InChI is InChI=1S/C17H24N2OS/c1-12(15-5-7-17(20-4)8-6-15)13(2)18-10-9-16-11-21-14(3)19-16/h5-8,11-13,18H,9-10H2,1-4H3/t12-,13-/m0/s1. The molecule has 0 unspecified atom stereocenters. The van der Waals surface area contributed by atoms with Gasteiger partial charge in [0.1, 0.15) is 5.75 Å². The number of thiazole rings is 1. The van der Waals surface area contributed by atoms with Crippen molar-refractivity contribution in [2.24, 2.45) is 0 Å². The SMILES string of the molecule is COc1ccc([C@@H](C)[C@H](C)NCCc2csc(C)n2)cc1. The number of ether oxygens (including phenoxy) is 1. The minimum atomic E-state index is 0.429. The monoisotopic (exact) mass is 304 g/mol. The van der Waals surface area contributed by atoms with E-state index in [4.69, 9.17) is 4.74 Å². The summed E-state index contributed by atoms with van der Waals surface area (Å²) in [5, 5.41) is 6.89. The van der Waals surface area contributed by atoms with Gasteiger partial charge in [0.2, 0.25) is 0 Å². The number of nitrogens with one attached hydrogen (secondary N) is 1. The molecule has 0 spiro atoms. The highest BCUT2D eigenvalue weighted by atomic mass is 32.1. The van der Waals surface area contributed by atoms with Crippen LogP contribution in [-0.4, -0.2) is 24.7 Å². The van der Waals surface area contributed by atoms with Crippen LogP contribution in [0.25, 0.3) is 0 Å². The molecule has 0 aliphatic carbocycles. The van der Waals surface area contributed by atoms with Crippen LogP contribution in [0.3, 0.4) is 0 Å². The average molecular weight is 304 g/mol. The van der Waals surface area contributed by atoms with E-state index in [0.717, 1.165) is 23.7 Å². The van der Waals surface area contributed by atoms with E-state index < -0.39 is 0 Å². The number of benzene rings is 1. The van der Waals surface area contributed by atoms with Gasteiger partial charge in [0.15, 0.2) is 0 Å². The molecule has 0 fully saturated rings. The van der Waals surface area contributed by atoms with Crippen molar-refractivity contribution in [3.05, 3.63) is 45.9 Å². The third-order valence-electron chi connectivity index (χ3n) is 3.91. The van der Waals surface area contributed by atoms with Crippen LogP contribution in [0.5, 0.6) is 5.75 Å². The van der Waals surface area contributed by atoms with Crippen molar-refractivity contribution in [1.29, 1.82) is 0 Å². The summed E-state index contributed by atoms with van der Waals surface area (Å²) in [6, 6.07) is 8.77. The minimum Gasteiger partial charge on any atom is -0.497 e. The van der Waals surface area contributed by atoms with E-state index in [1.165, 1.54) is 11.3 Å². The Morgan fingerprint density at radius 3 is 2.52 bits per heavy atom. The summed E-state index contributed by atoms with van der Waals surface area (Å²) in [6.45, 7) is 7.51. The smallest absolute Gasteiger partial charge is 0.118 e. The lowest BCUT2D eigenvalue weighted by atomic mass is 9.94. The van der Waals surface area contributed by atoms with E-state index in [1.807, 2.05) is 12.1 Å². The van der Waals surface area contributed by atoms with Crippen molar-refractivity contribution in [3.63, 3.8) is 0 Å². The fourth-order valence-electron chi connectivity index (χ4n) is 2.32. The maximum Gasteiger partial charge on any atom is 0.118 e. The summed E-state index contributed by atoms with van der Waals surface area (Å²) in [5.41, 5.74) is 2.52. The Balaban J connectivity index is 1.82. The lowest BCUT2D eigenvalue weighted by molar-refractivity contribution is 0.414. The first-order valence-corrected chi connectivity index (χ1v) is 8.26. The quantitative estimate of drug-likeness (QED) is 0.845. The normalized spacial score (nSPS) is 13.9. The van der Waals surface area contributed by atoms with E-state index in [9.17, 15) is 0 Å². The van der Waals surface area contributed by atoms with Crippen LogP contribution >= 0.6 is 11.3 Å². The molecule has 0 amide bonds. The predicted molar refractivity (Wildman–Crippen MR) is 89.4 cm³/mol. The maximum atomic E-state index is 5.20. The van der Waals surface area contributed by atoms with Crippen molar-refractivity contribution >= 4 is 11.3 Å². The zero-order valence-corrected chi connectivity index (χ0v) is 14.0. The number of nitrogens with zero attached hydrogens (tertiary/aromatic N) is 1. The molecule has 4 heteroatoms.